The number of benzene rings is 2. The highest BCUT2D eigenvalue weighted by atomic mass is 16.6. The summed E-state index contributed by atoms with van der Waals surface area (Å²) in [6.07, 6.45) is 0. The van der Waals surface area contributed by atoms with E-state index in [0.29, 0.717) is 23.7 Å². The molecule has 9 nitrogen and oxygen atoms in total. The zero-order valence-corrected chi connectivity index (χ0v) is 13.9. The fourth-order valence-electron chi connectivity index (χ4n) is 1.92. The number of carbonyl (C=O) groups is 2. The first kappa shape index (κ1) is 18.7. The summed E-state index contributed by atoms with van der Waals surface area (Å²) in [6.45, 7) is 2.02. The highest BCUT2D eigenvalue weighted by molar-refractivity contribution is 5.95. The van der Waals surface area contributed by atoms with Gasteiger partial charge in [0.25, 0.3) is 17.5 Å². The van der Waals surface area contributed by atoms with Gasteiger partial charge in [0, 0.05) is 17.7 Å². The van der Waals surface area contributed by atoms with Crippen molar-refractivity contribution in [3.8, 4) is 11.5 Å². The van der Waals surface area contributed by atoms with Gasteiger partial charge in [-0.3, -0.25) is 30.6 Å². The topological polar surface area (TPSA) is 120 Å². The minimum atomic E-state index is -0.581. The number of hydrogen-bond acceptors (Lipinski definition) is 6. The van der Waals surface area contributed by atoms with Crippen molar-refractivity contribution in [1.29, 1.82) is 0 Å². The van der Waals surface area contributed by atoms with Crippen molar-refractivity contribution in [3.05, 3.63) is 64.2 Å². The quantitative estimate of drug-likeness (QED) is 0.575. The smallest absolute Gasteiger partial charge is 0.276 e. The predicted octanol–water partition coefficient (Wildman–Crippen LogP) is 1.83. The van der Waals surface area contributed by atoms with E-state index in [2.05, 4.69) is 10.9 Å². The Balaban J connectivity index is 1.77. The molecule has 0 fully saturated rings. The summed E-state index contributed by atoms with van der Waals surface area (Å²) in [7, 11) is 0. The number of nitrogens with one attached hydrogen (secondary N) is 2. The van der Waals surface area contributed by atoms with Crippen LogP contribution in [0.3, 0.4) is 0 Å². The lowest BCUT2D eigenvalue weighted by atomic mass is 10.2. The zero-order chi connectivity index (χ0) is 18.9. The number of nitro benzene ring substituents is 1. The number of non-ortho nitro benzene ring substituents is 1. The molecule has 0 radical (unpaired) electrons. The Morgan fingerprint density at radius 1 is 0.962 bits per heavy atom. The number of nitrogens with zero attached hydrogens (tertiary/aromatic N) is 1. The average Bonchev–Trinajstić information content (AvgIpc) is 2.65. The van der Waals surface area contributed by atoms with Crippen LogP contribution in [0.25, 0.3) is 0 Å². The summed E-state index contributed by atoms with van der Waals surface area (Å²) in [6, 6.07) is 11.7. The molecule has 2 rings (SSSR count). The summed E-state index contributed by atoms with van der Waals surface area (Å²) in [4.78, 5) is 33.6. The minimum absolute atomic E-state index is 0.0792. The van der Waals surface area contributed by atoms with E-state index in [4.69, 9.17) is 9.47 Å². The van der Waals surface area contributed by atoms with Crippen LogP contribution in [0.15, 0.2) is 48.5 Å². The van der Waals surface area contributed by atoms with Crippen LogP contribution in [0.5, 0.6) is 11.5 Å². The third-order valence-electron chi connectivity index (χ3n) is 3.16. The van der Waals surface area contributed by atoms with Crippen LogP contribution in [0.4, 0.5) is 5.69 Å². The normalized spacial score (nSPS) is 9.88. The van der Waals surface area contributed by atoms with Crippen molar-refractivity contribution < 1.29 is 24.0 Å². The molecule has 0 spiro atoms. The zero-order valence-electron chi connectivity index (χ0n) is 13.9. The first-order valence-electron chi connectivity index (χ1n) is 7.69. The molecule has 9 heteroatoms. The maximum atomic E-state index is 11.9. The standard InChI is InChI=1S/C17H17N3O6/c1-2-25-14-7-3-12(4-8-14)17(22)19-18-16(21)11-26-15-9-5-13(6-10-15)20(23)24/h3-10H,2,11H2,1H3,(H,18,21)(H,19,22). The molecule has 0 atom stereocenters. The van der Waals surface area contributed by atoms with Gasteiger partial charge in [0.2, 0.25) is 0 Å². The molecule has 136 valence electrons. The Labute approximate surface area is 149 Å². The first-order chi connectivity index (χ1) is 12.5. The lowest BCUT2D eigenvalue weighted by Crippen LogP contribution is -2.43. The summed E-state index contributed by atoms with van der Waals surface area (Å²) < 4.78 is 10.5. The number of carbonyl (C=O) groups excluding carboxylic acids is 2. The Bertz CT molecular complexity index is 774. The van der Waals surface area contributed by atoms with Crippen molar-refractivity contribution in [1.82, 2.24) is 10.9 Å². The number of hydrogen-bond donors (Lipinski definition) is 2. The third kappa shape index (κ3) is 5.48. The van der Waals surface area contributed by atoms with Crippen LogP contribution in [0.2, 0.25) is 0 Å². The molecule has 0 aliphatic rings. The Hall–Kier alpha value is -3.62. The molecule has 0 aliphatic heterocycles. The van der Waals surface area contributed by atoms with Gasteiger partial charge in [-0.25, -0.2) is 0 Å². The highest BCUT2D eigenvalue weighted by Crippen LogP contribution is 2.17. The van der Waals surface area contributed by atoms with Crippen molar-refractivity contribution in [2.45, 2.75) is 6.92 Å². The van der Waals surface area contributed by atoms with Crippen molar-refractivity contribution in [2.24, 2.45) is 0 Å². The fourth-order valence-corrected chi connectivity index (χ4v) is 1.92. The molecular formula is C17H17N3O6. The molecule has 2 N–H and O–H groups in total. The largest absolute Gasteiger partial charge is 0.494 e. The Morgan fingerprint density at radius 2 is 1.54 bits per heavy atom. The van der Waals surface area contributed by atoms with Gasteiger partial charge in [-0.05, 0) is 43.3 Å². The van der Waals surface area contributed by atoms with E-state index in [1.54, 1.807) is 24.3 Å². The number of nitro groups is 1. The van der Waals surface area contributed by atoms with Crippen LogP contribution in [0, 0.1) is 10.1 Å². The van der Waals surface area contributed by atoms with Crippen molar-refractivity contribution >= 4 is 17.5 Å². The third-order valence-corrected chi connectivity index (χ3v) is 3.16. The van der Waals surface area contributed by atoms with Gasteiger partial charge in [-0.2, -0.15) is 0 Å². The maximum Gasteiger partial charge on any atom is 0.276 e. The number of rotatable bonds is 7. The van der Waals surface area contributed by atoms with Crippen LogP contribution < -0.4 is 20.3 Å². The molecule has 2 amide bonds. The van der Waals surface area contributed by atoms with E-state index in [-0.39, 0.29) is 12.3 Å². The van der Waals surface area contributed by atoms with E-state index < -0.39 is 16.7 Å². The van der Waals surface area contributed by atoms with Gasteiger partial charge < -0.3 is 9.47 Å². The van der Waals surface area contributed by atoms with E-state index >= 15 is 0 Å². The van der Waals surface area contributed by atoms with Crippen LogP contribution in [0.1, 0.15) is 17.3 Å². The summed E-state index contributed by atoms with van der Waals surface area (Å²) in [5.41, 5.74) is 4.75. The molecule has 0 unspecified atom stereocenters. The molecule has 0 bridgehead atoms. The lowest BCUT2D eigenvalue weighted by molar-refractivity contribution is -0.384. The van der Waals surface area contributed by atoms with E-state index in [1.165, 1.54) is 24.3 Å². The van der Waals surface area contributed by atoms with Gasteiger partial charge in [0.05, 0.1) is 11.5 Å². The maximum absolute atomic E-state index is 11.9. The summed E-state index contributed by atoms with van der Waals surface area (Å²) >= 11 is 0. The summed E-state index contributed by atoms with van der Waals surface area (Å²) in [5.74, 6) is -0.132. The predicted molar refractivity (Wildman–Crippen MR) is 91.8 cm³/mol. The average molecular weight is 359 g/mol. The number of amides is 2. The van der Waals surface area contributed by atoms with Gasteiger partial charge in [-0.1, -0.05) is 0 Å². The van der Waals surface area contributed by atoms with Gasteiger partial charge >= 0.3 is 0 Å². The molecule has 2 aromatic rings. The molecule has 0 saturated heterocycles. The monoisotopic (exact) mass is 359 g/mol. The second-order valence-corrected chi connectivity index (χ2v) is 5.00. The van der Waals surface area contributed by atoms with Gasteiger partial charge in [-0.15, -0.1) is 0 Å². The molecule has 26 heavy (non-hydrogen) atoms. The lowest BCUT2D eigenvalue weighted by Gasteiger charge is -2.09. The second-order valence-electron chi connectivity index (χ2n) is 5.00. The van der Waals surface area contributed by atoms with Crippen LogP contribution >= 0.6 is 0 Å². The first-order valence-corrected chi connectivity index (χ1v) is 7.69. The molecule has 0 aromatic heterocycles. The van der Waals surface area contributed by atoms with Crippen molar-refractivity contribution in [3.63, 3.8) is 0 Å². The Kier molecular flexibility index (Phi) is 6.49. The second kappa shape index (κ2) is 9.02. The van der Waals surface area contributed by atoms with Crippen LogP contribution in [-0.4, -0.2) is 30.0 Å². The SMILES string of the molecule is CCOc1ccc(C(=O)NNC(=O)COc2ccc([N+](=O)[O-])cc2)cc1. The van der Waals surface area contributed by atoms with Crippen LogP contribution in [-0.2, 0) is 4.79 Å². The van der Waals surface area contributed by atoms with E-state index in [9.17, 15) is 19.7 Å². The molecule has 0 heterocycles. The number of hydrazine groups is 1. The van der Waals surface area contributed by atoms with Gasteiger partial charge in [0.1, 0.15) is 11.5 Å². The molecular weight excluding hydrogens is 342 g/mol. The van der Waals surface area contributed by atoms with Crippen molar-refractivity contribution in [2.75, 3.05) is 13.2 Å². The highest BCUT2D eigenvalue weighted by Gasteiger charge is 2.09. The van der Waals surface area contributed by atoms with Gasteiger partial charge in [0.15, 0.2) is 6.61 Å². The molecule has 0 aliphatic carbocycles. The fraction of sp³-hybridized carbons (Fsp3) is 0.176. The summed E-state index contributed by atoms with van der Waals surface area (Å²) in [5, 5.41) is 10.5. The van der Waals surface area contributed by atoms with E-state index in [0.717, 1.165) is 0 Å². The van der Waals surface area contributed by atoms with E-state index in [1.807, 2.05) is 6.92 Å². The number of ether oxygens (including phenoxy) is 2. The minimum Gasteiger partial charge on any atom is -0.494 e. The molecule has 2 aromatic carbocycles. The Morgan fingerprint density at radius 3 is 2.12 bits per heavy atom. The molecule has 0 saturated carbocycles.